The molecule has 2 aliphatic rings. The van der Waals surface area contributed by atoms with Gasteiger partial charge >= 0.3 is 0 Å². The van der Waals surface area contributed by atoms with Gasteiger partial charge in [-0.15, -0.1) is 0 Å². The van der Waals surface area contributed by atoms with Gasteiger partial charge in [0.25, 0.3) is 0 Å². The molecule has 450 valence electrons. The third-order valence-electron chi connectivity index (χ3n) is 14.4. The molecule has 0 saturated carbocycles. The predicted octanol–water partition coefficient (Wildman–Crippen LogP) is 7.13. The van der Waals surface area contributed by atoms with E-state index >= 15 is 0 Å². The Hall–Kier alpha value is -4.04. The van der Waals surface area contributed by atoms with Gasteiger partial charge in [0.2, 0.25) is 0 Å². The first-order chi connectivity index (χ1) is 39.0. The number of hydrogen-bond acceptors (Lipinski definition) is 18. The average Bonchev–Trinajstić information content (AvgIpc) is 4.42. The summed E-state index contributed by atoms with van der Waals surface area (Å²) in [5.74, 6) is 0. The van der Waals surface area contributed by atoms with Gasteiger partial charge in [0, 0.05) is 66.6 Å². The molecular weight excluding hydrogens is 1030 g/mol. The Morgan fingerprint density at radius 2 is 0.475 bits per heavy atom. The van der Waals surface area contributed by atoms with Crippen molar-refractivity contribution in [2.24, 2.45) is 0 Å². The van der Waals surface area contributed by atoms with Gasteiger partial charge in [0.05, 0.1) is 177 Å². The molecule has 0 fully saturated rings. The summed E-state index contributed by atoms with van der Waals surface area (Å²) in [5, 5.41) is 81.9. The molecule has 0 aromatic carbocycles. The predicted molar refractivity (Wildman–Crippen MR) is 307 cm³/mol. The van der Waals surface area contributed by atoms with Crippen LogP contribution in [0.3, 0.4) is 0 Å². The maximum Gasteiger partial charge on any atom is 0.0848 e. The molecule has 2 aliphatic heterocycles. The maximum absolute atomic E-state index is 10.2. The number of nitrogens with one attached hydrogen (secondary N) is 2. The normalized spacial score (nSPS) is 16.1. The van der Waals surface area contributed by atoms with Crippen molar-refractivity contribution in [3.05, 3.63) is 69.3 Å². The van der Waals surface area contributed by atoms with Crippen LogP contribution < -0.4 is 0 Å². The first-order valence-electron chi connectivity index (χ1n) is 29.2. The highest BCUT2D eigenvalue weighted by Crippen LogP contribution is 2.46. The van der Waals surface area contributed by atoms with Crippen molar-refractivity contribution in [2.75, 3.05) is 106 Å². The second-order valence-corrected chi connectivity index (χ2v) is 19.5. The lowest BCUT2D eigenvalue weighted by molar-refractivity contribution is 0.0135. The van der Waals surface area contributed by atoms with E-state index < -0.39 is 48.8 Å². The Balaban J connectivity index is 2.31. The van der Waals surface area contributed by atoms with Gasteiger partial charge in [-0.05, 0) is 75.6 Å². The first kappa shape index (κ1) is 66.8. The Bertz CT molecular complexity index is 2400. The van der Waals surface area contributed by atoms with Crippen LogP contribution in [0.2, 0.25) is 0 Å². The first-order valence-corrected chi connectivity index (χ1v) is 29.2. The minimum atomic E-state index is -0.627. The van der Waals surface area contributed by atoms with E-state index in [1.807, 2.05) is 79.7 Å². The van der Waals surface area contributed by atoms with Crippen LogP contribution in [0.5, 0.6) is 0 Å². The molecule has 0 amide bonds. The smallest absolute Gasteiger partial charge is 0.0848 e. The molecule has 0 spiro atoms. The number of aliphatic hydroxyl groups excluding tert-OH is 8. The number of nitrogens with zero attached hydrogens (tertiary/aromatic N) is 2. The van der Waals surface area contributed by atoms with E-state index in [1.165, 1.54) is 0 Å². The molecule has 0 aliphatic carbocycles. The molecule has 3 aromatic rings. The van der Waals surface area contributed by atoms with E-state index in [9.17, 15) is 40.9 Å². The zero-order valence-corrected chi connectivity index (χ0v) is 48.6. The highest BCUT2D eigenvalue weighted by atomic mass is 16.5. The summed E-state index contributed by atoms with van der Waals surface area (Å²) >= 11 is 0. The standard InChI is InChI=1S/C60H94N4O16/c1-9-45(73-25-17-65)53-37-33-39-55(47(11-3)75-27-19-67)57(49(13-5)77-29-21-69)41(62-39)35-43-59(51(15-7)79-31-23-71)60(52(16-8)80-32-24-72)44(64-43)36-42-58(50(14-6)78-30-22-70)56(48(12-4)76-28-20-68)40(63-42)34-38(61-37)54(53)46(10-2)74-26-18-66/h33-36,45-52,61-62,65-72H,9-32H2,1-8H3. The van der Waals surface area contributed by atoms with Crippen molar-refractivity contribution < 1.29 is 78.7 Å². The van der Waals surface area contributed by atoms with Crippen molar-refractivity contribution in [3.8, 4) is 0 Å². The molecule has 8 atom stereocenters. The second kappa shape index (κ2) is 35.2. The van der Waals surface area contributed by atoms with Crippen molar-refractivity contribution in [3.63, 3.8) is 0 Å². The van der Waals surface area contributed by atoms with Gasteiger partial charge < -0.3 is 88.7 Å². The molecule has 80 heavy (non-hydrogen) atoms. The molecule has 0 radical (unpaired) electrons. The molecule has 5 rings (SSSR count). The third kappa shape index (κ3) is 16.2. The average molecular weight is 1130 g/mol. The lowest BCUT2D eigenvalue weighted by Crippen LogP contribution is -2.22. The van der Waals surface area contributed by atoms with Gasteiger partial charge in [-0.2, -0.15) is 0 Å². The van der Waals surface area contributed by atoms with Gasteiger partial charge in [-0.3, -0.25) is 0 Å². The number of aromatic amines is 2. The molecule has 5 heterocycles. The molecule has 3 aromatic heterocycles. The van der Waals surface area contributed by atoms with E-state index in [1.54, 1.807) is 0 Å². The summed E-state index contributed by atoms with van der Waals surface area (Å²) in [7, 11) is 0. The Morgan fingerprint density at radius 3 is 0.675 bits per heavy atom. The van der Waals surface area contributed by atoms with E-state index in [4.69, 9.17) is 47.9 Å². The number of H-pyrrole nitrogens is 2. The minimum absolute atomic E-state index is 0.0231. The highest BCUT2D eigenvalue weighted by Gasteiger charge is 2.37. The minimum Gasteiger partial charge on any atom is -0.394 e. The number of rotatable bonds is 40. The fourth-order valence-electron chi connectivity index (χ4n) is 11.2. The number of aromatic nitrogens is 4. The zero-order valence-electron chi connectivity index (χ0n) is 48.6. The van der Waals surface area contributed by atoms with Crippen LogP contribution in [-0.2, 0) is 37.9 Å². The lowest BCUT2D eigenvalue weighted by Gasteiger charge is -2.25. The van der Waals surface area contributed by atoms with Gasteiger partial charge in [-0.25, -0.2) is 9.97 Å². The summed E-state index contributed by atoms with van der Waals surface area (Å²) in [5.41, 5.74) is 10.3. The zero-order chi connectivity index (χ0) is 58.1. The Labute approximate surface area is 472 Å². The van der Waals surface area contributed by atoms with E-state index in [0.717, 1.165) is 22.3 Å². The topological polar surface area (TPSA) is 293 Å². The molecule has 0 saturated heterocycles. The Morgan fingerprint density at radius 1 is 0.287 bits per heavy atom. The summed E-state index contributed by atoms with van der Waals surface area (Å²) in [4.78, 5) is 18.7. The van der Waals surface area contributed by atoms with Crippen LogP contribution in [0.4, 0.5) is 0 Å². The van der Waals surface area contributed by atoms with Gasteiger partial charge in [0.15, 0.2) is 0 Å². The van der Waals surface area contributed by atoms with Crippen LogP contribution in [0.25, 0.3) is 44.4 Å². The molecule has 8 unspecified atom stereocenters. The van der Waals surface area contributed by atoms with Gasteiger partial charge in [0.1, 0.15) is 0 Å². The summed E-state index contributed by atoms with van der Waals surface area (Å²) < 4.78 is 52.4. The third-order valence-corrected chi connectivity index (χ3v) is 14.4. The molecule has 20 nitrogen and oxygen atoms in total. The molecule has 10 N–H and O–H groups in total. The van der Waals surface area contributed by atoms with Crippen LogP contribution in [0.15, 0.2) is 24.3 Å². The van der Waals surface area contributed by atoms with Crippen molar-refractivity contribution in [1.82, 2.24) is 19.9 Å². The fraction of sp³-hybridized carbons (Fsp3) is 0.667. The summed E-state index contributed by atoms with van der Waals surface area (Å²) in [6, 6.07) is 7.86. The number of ether oxygens (including phenoxy) is 8. The summed E-state index contributed by atoms with van der Waals surface area (Å²) in [6.45, 7) is 14.4. The number of fused-ring (bicyclic) bond motifs is 8. The number of aliphatic hydroxyl groups is 8. The molecule has 20 heteroatoms. The maximum atomic E-state index is 10.2. The van der Waals surface area contributed by atoms with Crippen molar-refractivity contribution in [1.29, 1.82) is 0 Å². The Kier molecular flexibility index (Phi) is 29.4. The second-order valence-electron chi connectivity index (χ2n) is 19.5. The fourth-order valence-corrected chi connectivity index (χ4v) is 11.2. The van der Waals surface area contributed by atoms with Crippen molar-refractivity contribution >= 4 is 44.4 Å². The van der Waals surface area contributed by atoms with Crippen LogP contribution in [0, 0.1) is 0 Å². The van der Waals surface area contributed by atoms with E-state index in [0.29, 0.717) is 119 Å². The SMILES string of the molecule is CCC(OCCO)C1=C(C(CC)OCCO)c2cc3[nH]c(cc4[nH]c(cc5nc(cc1n2)C(C(CC)OCCO)=C5C(CC)OCCO)c(C(CC)OCCO)c4C(CC)OCCO)c(C(CC)OCCO)c3C(CC)OCCO. The highest BCUT2D eigenvalue weighted by molar-refractivity contribution is 6.00. The van der Waals surface area contributed by atoms with E-state index in [-0.39, 0.29) is 106 Å². The monoisotopic (exact) mass is 1130 g/mol. The van der Waals surface area contributed by atoms with Crippen LogP contribution >= 0.6 is 0 Å². The quantitative estimate of drug-likeness (QED) is 0.0271. The van der Waals surface area contributed by atoms with Gasteiger partial charge in [-0.1, -0.05) is 55.4 Å². The number of hydrogen-bond donors (Lipinski definition) is 10. The largest absolute Gasteiger partial charge is 0.394 e. The summed E-state index contributed by atoms with van der Waals surface area (Å²) in [6.07, 6.45) is -1.10. The van der Waals surface area contributed by atoms with E-state index in [2.05, 4.69) is 9.97 Å². The van der Waals surface area contributed by atoms with Crippen LogP contribution in [-0.4, -0.2) is 191 Å². The molecule has 8 bridgehead atoms. The molecular formula is C60H94N4O16. The van der Waals surface area contributed by atoms with Crippen molar-refractivity contribution in [2.45, 2.75) is 156 Å². The lowest BCUT2D eigenvalue weighted by atomic mass is 9.90. The van der Waals surface area contributed by atoms with Crippen LogP contribution in [0.1, 0.15) is 176 Å².